The first-order valence-corrected chi connectivity index (χ1v) is 6.42. The highest BCUT2D eigenvalue weighted by Gasteiger charge is 2.24. The van der Waals surface area contributed by atoms with Gasteiger partial charge in [0.2, 0.25) is 0 Å². The van der Waals surface area contributed by atoms with Gasteiger partial charge in [-0.3, -0.25) is 15.4 Å². The second-order valence-corrected chi connectivity index (χ2v) is 5.09. The van der Waals surface area contributed by atoms with Crippen LogP contribution in [0.2, 0.25) is 0 Å². The number of nitrogens with one attached hydrogen (secondary N) is 1. The minimum Gasteiger partial charge on any atom is -0.493 e. The Balaban J connectivity index is 2.51. The van der Waals surface area contributed by atoms with Crippen molar-refractivity contribution in [1.29, 1.82) is 5.26 Å². The molecule has 1 atom stereocenters. The largest absolute Gasteiger partial charge is 0.493 e. The SMILES string of the molecule is CC(C)NC(C)(C#N)CCOc1ccc([N+](=O)[O-])cc1. The number of rotatable bonds is 7. The van der Waals surface area contributed by atoms with Gasteiger partial charge in [0.25, 0.3) is 5.69 Å². The number of benzene rings is 1. The van der Waals surface area contributed by atoms with Crippen molar-refractivity contribution in [2.45, 2.75) is 38.8 Å². The molecule has 0 radical (unpaired) electrons. The van der Waals surface area contributed by atoms with Crippen molar-refractivity contribution in [3.63, 3.8) is 0 Å². The molecule has 1 unspecified atom stereocenters. The molecule has 1 N–H and O–H groups in total. The van der Waals surface area contributed by atoms with Gasteiger partial charge in [-0.1, -0.05) is 0 Å². The Hall–Kier alpha value is -2.13. The summed E-state index contributed by atoms with van der Waals surface area (Å²) in [5.41, 5.74) is -0.615. The van der Waals surface area contributed by atoms with Crippen LogP contribution in [0.4, 0.5) is 5.69 Å². The summed E-state index contributed by atoms with van der Waals surface area (Å²) in [7, 11) is 0. The van der Waals surface area contributed by atoms with Crippen LogP contribution in [0.25, 0.3) is 0 Å². The molecule has 0 aliphatic carbocycles. The van der Waals surface area contributed by atoms with Crippen molar-refractivity contribution in [3.8, 4) is 11.8 Å². The molecular formula is C14H19N3O3. The number of ether oxygens (including phenoxy) is 1. The molecule has 0 saturated carbocycles. The van der Waals surface area contributed by atoms with Crippen molar-refractivity contribution in [2.75, 3.05) is 6.61 Å². The maximum atomic E-state index is 10.5. The van der Waals surface area contributed by atoms with E-state index in [1.807, 2.05) is 20.8 Å². The minimum atomic E-state index is -0.644. The summed E-state index contributed by atoms with van der Waals surface area (Å²) in [5.74, 6) is 0.556. The normalized spacial score (nSPS) is 13.6. The molecule has 0 aliphatic heterocycles. The summed E-state index contributed by atoms with van der Waals surface area (Å²) in [4.78, 5) is 10.1. The molecule has 0 fully saturated rings. The highest BCUT2D eigenvalue weighted by atomic mass is 16.6. The Morgan fingerprint density at radius 3 is 2.50 bits per heavy atom. The molecule has 1 aromatic carbocycles. The van der Waals surface area contributed by atoms with Crippen LogP contribution in [0.15, 0.2) is 24.3 Å². The van der Waals surface area contributed by atoms with E-state index in [1.165, 1.54) is 12.1 Å². The van der Waals surface area contributed by atoms with Gasteiger partial charge in [-0.15, -0.1) is 0 Å². The predicted molar refractivity (Wildman–Crippen MR) is 75.5 cm³/mol. The molecule has 0 saturated heterocycles. The molecule has 1 rings (SSSR count). The molecule has 6 nitrogen and oxygen atoms in total. The topological polar surface area (TPSA) is 88.2 Å². The van der Waals surface area contributed by atoms with Crippen molar-refractivity contribution < 1.29 is 9.66 Å². The monoisotopic (exact) mass is 277 g/mol. The van der Waals surface area contributed by atoms with Gasteiger partial charge in [-0.2, -0.15) is 5.26 Å². The molecule has 0 amide bonds. The molecule has 0 bridgehead atoms. The highest BCUT2D eigenvalue weighted by Crippen LogP contribution is 2.18. The lowest BCUT2D eigenvalue weighted by Crippen LogP contribution is -2.45. The van der Waals surface area contributed by atoms with Gasteiger partial charge in [0, 0.05) is 24.6 Å². The quantitative estimate of drug-likeness (QED) is 0.611. The average molecular weight is 277 g/mol. The van der Waals surface area contributed by atoms with E-state index >= 15 is 0 Å². The molecule has 0 aliphatic rings. The number of hydrogen-bond acceptors (Lipinski definition) is 5. The third-order valence-corrected chi connectivity index (χ3v) is 2.77. The summed E-state index contributed by atoms with van der Waals surface area (Å²) in [6.45, 7) is 6.15. The van der Waals surface area contributed by atoms with E-state index < -0.39 is 10.5 Å². The lowest BCUT2D eigenvalue weighted by molar-refractivity contribution is -0.384. The van der Waals surface area contributed by atoms with E-state index in [4.69, 9.17) is 4.74 Å². The van der Waals surface area contributed by atoms with Crippen molar-refractivity contribution >= 4 is 5.69 Å². The Bertz CT molecular complexity index is 493. The summed E-state index contributed by atoms with van der Waals surface area (Å²) in [6, 6.07) is 8.34. The van der Waals surface area contributed by atoms with Crippen molar-refractivity contribution in [3.05, 3.63) is 34.4 Å². The molecule has 0 spiro atoms. The van der Waals surface area contributed by atoms with Crippen LogP contribution < -0.4 is 10.1 Å². The molecule has 0 heterocycles. The second-order valence-electron chi connectivity index (χ2n) is 5.09. The molecule has 6 heteroatoms. The lowest BCUT2D eigenvalue weighted by Gasteiger charge is -2.25. The van der Waals surface area contributed by atoms with Gasteiger partial charge in [0.1, 0.15) is 11.3 Å². The fourth-order valence-corrected chi connectivity index (χ4v) is 1.83. The number of nitriles is 1. The van der Waals surface area contributed by atoms with Crippen LogP contribution in [-0.4, -0.2) is 23.1 Å². The van der Waals surface area contributed by atoms with Crippen LogP contribution in [0, 0.1) is 21.4 Å². The van der Waals surface area contributed by atoms with Gasteiger partial charge in [-0.05, 0) is 32.9 Å². The van der Waals surface area contributed by atoms with Crippen LogP contribution in [0.1, 0.15) is 27.2 Å². The average Bonchev–Trinajstić information content (AvgIpc) is 2.38. The fourth-order valence-electron chi connectivity index (χ4n) is 1.83. The predicted octanol–water partition coefficient (Wildman–Crippen LogP) is 2.64. The van der Waals surface area contributed by atoms with Gasteiger partial charge in [0.15, 0.2) is 0 Å². The van der Waals surface area contributed by atoms with Crippen molar-refractivity contribution in [2.24, 2.45) is 0 Å². The highest BCUT2D eigenvalue weighted by molar-refractivity contribution is 5.35. The Morgan fingerprint density at radius 1 is 1.45 bits per heavy atom. The number of hydrogen-bond donors (Lipinski definition) is 1. The van der Waals surface area contributed by atoms with Crippen LogP contribution in [0.3, 0.4) is 0 Å². The first kappa shape index (κ1) is 15.9. The zero-order valence-corrected chi connectivity index (χ0v) is 11.9. The van der Waals surface area contributed by atoms with E-state index in [9.17, 15) is 15.4 Å². The van der Waals surface area contributed by atoms with Gasteiger partial charge < -0.3 is 4.74 Å². The van der Waals surface area contributed by atoms with Gasteiger partial charge >= 0.3 is 0 Å². The summed E-state index contributed by atoms with van der Waals surface area (Å²) < 4.78 is 5.51. The first-order chi connectivity index (χ1) is 9.36. The summed E-state index contributed by atoms with van der Waals surface area (Å²) in [5, 5.41) is 22.9. The smallest absolute Gasteiger partial charge is 0.269 e. The van der Waals surface area contributed by atoms with E-state index in [0.29, 0.717) is 18.8 Å². The van der Waals surface area contributed by atoms with Gasteiger partial charge in [0.05, 0.1) is 17.6 Å². The zero-order valence-electron chi connectivity index (χ0n) is 11.9. The van der Waals surface area contributed by atoms with Crippen LogP contribution in [0.5, 0.6) is 5.75 Å². The minimum absolute atomic E-state index is 0.0284. The Morgan fingerprint density at radius 2 is 2.05 bits per heavy atom. The van der Waals surface area contributed by atoms with Crippen LogP contribution >= 0.6 is 0 Å². The molecule has 1 aromatic rings. The fraction of sp³-hybridized carbons (Fsp3) is 0.500. The van der Waals surface area contributed by atoms with E-state index in [1.54, 1.807) is 12.1 Å². The van der Waals surface area contributed by atoms with Gasteiger partial charge in [-0.25, -0.2) is 0 Å². The Labute approximate surface area is 118 Å². The number of non-ortho nitro benzene ring substituents is 1. The first-order valence-electron chi connectivity index (χ1n) is 6.42. The maximum absolute atomic E-state index is 10.5. The molecule has 0 aromatic heterocycles. The standard InChI is InChI=1S/C14H19N3O3/c1-11(2)16-14(3,10-15)8-9-20-13-6-4-12(5-7-13)17(18)19/h4-7,11,16H,8-9H2,1-3H3. The molecular weight excluding hydrogens is 258 g/mol. The zero-order chi connectivity index (χ0) is 15.2. The van der Waals surface area contributed by atoms with E-state index in [-0.39, 0.29) is 11.7 Å². The maximum Gasteiger partial charge on any atom is 0.269 e. The van der Waals surface area contributed by atoms with Crippen LogP contribution in [-0.2, 0) is 0 Å². The third-order valence-electron chi connectivity index (χ3n) is 2.77. The van der Waals surface area contributed by atoms with Crippen molar-refractivity contribution in [1.82, 2.24) is 5.32 Å². The van der Waals surface area contributed by atoms with E-state index in [0.717, 1.165) is 0 Å². The third kappa shape index (κ3) is 4.86. The number of nitro benzene ring substituents is 1. The second kappa shape index (κ2) is 6.87. The Kier molecular flexibility index (Phi) is 5.47. The van der Waals surface area contributed by atoms with E-state index in [2.05, 4.69) is 11.4 Å². The molecule has 108 valence electrons. The lowest BCUT2D eigenvalue weighted by atomic mass is 9.99. The number of nitrogens with zero attached hydrogens (tertiary/aromatic N) is 2. The molecule has 20 heavy (non-hydrogen) atoms. The number of nitro groups is 1. The summed E-state index contributed by atoms with van der Waals surface area (Å²) >= 11 is 0. The summed E-state index contributed by atoms with van der Waals surface area (Å²) in [6.07, 6.45) is 0.526.